The van der Waals surface area contributed by atoms with Gasteiger partial charge in [0.15, 0.2) is 0 Å². The number of hydrogen-bond donors (Lipinski definition) is 2. The Bertz CT molecular complexity index is 710. The van der Waals surface area contributed by atoms with Gasteiger partial charge in [-0.2, -0.15) is 0 Å². The van der Waals surface area contributed by atoms with Gasteiger partial charge in [-0.15, -0.1) is 0 Å². The van der Waals surface area contributed by atoms with Gasteiger partial charge >= 0.3 is 0 Å². The Kier molecular flexibility index (Phi) is 3.94. The Morgan fingerprint density at radius 1 is 1.09 bits per heavy atom. The van der Waals surface area contributed by atoms with Crippen LogP contribution in [0.4, 0.5) is 5.69 Å². The number of para-hydroxylation sites is 1. The normalized spacial score (nSPS) is 15.0. The van der Waals surface area contributed by atoms with Crippen LogP contribution < -0.4 is 10.6 Å². The lowest BCUT2D eigenvalue weighted by Gasteiger charge is -2.17. The molecule has 1 aliphatic rings. The third-order valence-electron chi connectivity index (χ3n) is 4.34. The number of nitrogens with one attached hydrogen (secondary N) is 2. The zero-order valence-electron chi connectivity index (χ0n) is 13.3. The van der Waals surface area contributed by atoms with E-state index in [1.165, 1.54) is 0 Å². The lowest BCUT2D eigenvalue weighted by molar-refractivity contribution is -0.134. The third kappa shape index (κ3) is 2.99. The summed E-state index contributed by atoms with van der Waals surface area (Å²) in [5.74, 6) is 0.203. The van der Waals surface area contributed by atoms with Crippen molar-refractivity contribution in [3.63, 3.8) is 0 Å². The molecule has 0 bridgehead atoms. The van der Waals surface area contributed by atoms with Gasteiger partial charge in [-0.1, -0.05) is 18.2 Å². The minimum atomic E-state index is -0.943. The summed E-state index contributed by atoms with van der Waals surface area (Å²) in [6.07, 6.45) is 2.71. The van der Waals surface area contributed by atoms with E-state index in [2.05, 4.69) is 10.6 Å². The summed E-state index contributed by atoms with van der Waals surface area (Å²) in [6.45, 7) is 4.18. The maximum Gasteiger partial charge on any atom is 0.240 e. The van der Waals surface area contributed by atoms with E-state index in [9.17, 15) is 9.59 Å². The van der Waals surface area contributed by atoms with Crippen LogP contribution >= 0.6 is 0 Å². The highest BCUT2D eigenvalue weighted by Gasteiger charge is 2.56. The molecule has 1 saturated carbocycles. The van der Waals surface area contributed by atoms with Crippen LogP contribution in [0, 0.1) is 19.3 Å². The van der Waals surface area contributed by atoms with Crippen LogP contribution in [0.3, 0.4) is 0 Å². The molecule has 1 fully saturated rings. The van der Waals surface area contributed by atoms with Crippen molar-refractivity contribution in [1.82, 2.24) is 5.32 Å². The van der Waals surface area contributed by atoms with Crippen molar-refractivity contribution in [3.05, 3.63) is 53.5 Å². The maximum absolute atomic E-state index is 12.6. The highest BCUT2D eigenvalue weighted by atomic mass is 16.3. The first-order valence-electron chi connectivity index (χ1n) is 7.71. The lowest BCUT2D eigenvalue weighted by Crippen LogP contribution is -2.39. The SMILES string of the molecule is Cc1cccc(C)c1NC(=O)C1(C(=O)NCc2ccco2)CC1. The van der Waals surface area contributed by atoms with Crippen molar-refractivity contribution in [3.8, 4) is 0 Å². The van der Waals surface area contributed by atoms with Crippen molar-refractivity contribution in [2.75, 3.05) is 5.32 Å². The van der Waals surface area contributed by atoms with Crippen LogP contribution in [-0.2, 0) is 16.1 Å². The van der Waals surface area contributed by atoms with E-state index >= 15 is 0 Å². The fourth-order valence-corrected chi connectivity index (χ4v) is 2.68. The van der Waals surface area contributed by atoms with E-state index in [0.717, 1.165) is 16.8 Å². The van der Waals surface area contributed by atoms with Crippen molar-refractivity contribution in [2.45, 2.75) is 33.2 Å². The lowest BCUT2D eigenvalue weighted by atomic mass is 10.0. The summed E-state index contributed by atoms with van der Waals surface area (Å²) in [6, 6.07) is 9.39. The first-order valence-corrected chi connectivity index (χ1v) is 7.71. The Morgan fingerprint density at radius 3 is 2.35 bits per heavy atom. The molecular formula is C18H20N2O3. The molecule has 5 nitrogen and oxygen atoms in total. The molecule has 0 radical (unpaired) electrons. The average molecular weight is 312 g/mol. The highest BCUT2D eigenvalue weighted by molar-refractivity contribution is 6.13. The molecule has 3 rings (SSSR count). The second kappa shape index (κ2) is 5.91. The van der Waals surface area contributed by atoms with Crippen LogP contribution in [0.5, 0.6) is 0 Å². The molecule has 0 spiro atoms. The van der Waals surface area contributed by atoms with E-state index in [1.807, 2.05) is 32.0 Å². The van der Waals surface area contributed by atoms with Crippen molar-refractivity contribution in [2.24, 2.45) is 5.41 Å². The van der Waals surface area contributed by atoms with E-state index in [4.69, 9.17) is 4.42 Å². The van der Waals surface area contributed by atoms with Gasteiger partial charge in [0.1, 0.15) is 11.2 Å². The standard InChI is InChI=1S/C18H20N2O3/c1-12-5-3-6-13(2)15(12)20-17(22)18(8-9-18)16(21)19-11-14-7-4-10-23-14/h3-7,10H,8-9,11H2,1-2H3,(H,19,21)(H,20,22). The second-order valence-electron chi connectivity index (χ2n) is 6.07. The predicted molar refractivity (Wildman–Crippen MR) is 86.8 cm³/mol. The zero-order valence-corrected chi connectivity index (χ0v) is 13.3. The number of carbonyl (C=O) groups is 2. The third-order valence-corrected chi connectivity index (χ3v) is 4.34. The van der Waals surface area contributed by atoms with Crippen molar-refractivity contribution in [1.29, 1.82) is 0 Å². The summed E-state index contributed by atoms with van der Waals surface area (Å²) < 4.78 is 5.19. The topological polar surface area (TPSA) is 71.3 Å². The van der Waals surface area contributed by atoms with Crippen molar-refractivity contribution < 1.29 is 14.0 Å². The molecule has 1 heterocycles. The number of rotatable bonds is 5. The molecule has 1 aromatic carbocycles. The Morgan fingerprint density at radius 2 is 1.78 bits per heavy atom. The monoisotopic (exact) mass is 312 g/mol. The first-order chi connectivity index (χ1) is 11.0. The smallest absolute Gasteiger partial charge is 0.240 e. The number of hydrogen-bond acceptors (Lipinski definition) is 3. The van der Waals surface area contributed by atoms with Crippen LogP contribution in [0.25, 0.3) is 0 Å². The Labute approximate surface area is 135 Å². The first kappa shape index (κ1) is 15.3. The molecular weight excluding hydrogens is 292 g/mol. The number of benzene rings is 1. The molecule has 5 heteroatoms. The van der Waals surface area contributed by atoms with Crippen molar-refractivity contribution >= 4 is 17.5 Å². The molecule has 0 aliphatic heterocycles. The van der Waals surface area contributed by atoms with Crippen LogP contribution in [0.2, 0.25) is 0 Å². The highest BCUT2D eigenvalue weighted by Crippen LogP contribution is 2.47. The summed E-state index contributed by atoms with van der Waals surface area (Å²) in [4.78, 5) is 25.0. The Hall–Kier alpha value is -2.56. The van der Waals surface area contributed by atoms with Crippen LogP contribution in [-0.4, -0.2) is 11.8 Å². The van der Waals surface area contributed by atoms with Gasteiger partial charge in [-0.25, -0.2) is 0 Å². The van der Waals surface area contributed by atoms with E-state index in [-0.39, 0.29) is 11.8 Å². The van der Waals surface area contributed by atoms with Gasteiger partial charge in [0.05, 0.1) is 12.8 Å². The fraction of sp³-hybridized carbons (Fsp3) is 0.333. The van der Waals surface area contributed by atoms with E-state index < -0.39 is 5.41 Å². The number of amides is 2. The van der Waals surface area contributed by atoms with Gasteiger partial charge in [0.2, 0.25) is 11.8 Å². The van der Waals surface area contributed by atoms with Gasteiger partial charge in [-0.3, -0.25) is 9.59 Å². The number of furan rings is 1. The fourth-order valence-electron chi connectivity index (χ4n) is 2.68. The average Bonchev–Trinajstić information content (AvgIpc) is 3.18. The van der Waals surface area contributed by atoms with Crippen LogP contribution in [0.1, 0.15) is 29.7 Å². The zero-order chi connectivity index (χ0) is 16.4. The van der Waals surface area contributed by atoms with Gasteiger partial charge < -0.3 is 15.1 Å². The molecule has 0 atom stereocenters. The summed E-state index contributed by atoms with van der Waals surface area (Å²) in [5.41, 5.74) is 1.83. The minimum Gasteiger partial charge on any atom is -0.467 e. The largest absolute Gasteiger partial charge is 0.467 e. The molecule has 1 aromatic heterocycles. The number of carbonyl (C=O) groups excluding carboxylic acids is 2. The Balaban J connectivity index is 1.67. The molecule has 120 valence electrons. The molecule has 2 amide bonds. The van der Waals surface area contributed by atoms with Gasteiger partial charge in [0, 0.05) is 5.69 Å². The molecule has 2 aromatic rings. The van der Waals surface area contributed by atoms with E-state index in [1.54, 1.807) is 18.4 Å². The molecule has 1 aliphatic carbocycles. The van der Waals surface area contributed by atoms with E-state index in [0.29, 0.717) is 25.1 Å². The second-order valence-corrected chi connectivity index (χ2v) is 6.07. The van der Waals surface area contributed by atoms with Crippen LogP contribution in [0.15, 0.2) is 41.0 Å². The molecule has 23 heavy (non-hydrogen) atoms. The minimum absolute atomic E-state index is 0.230. The number of aryl methyl sites for hydroxylation is 2. The molecule has 0 unspecified atom stereocenters. The summed E-state index contributed by atoms with van der Waals surface area (Å²) >= 11 is 0. The molecule has 0 saturated heterocycles. The quantitative estimate of drug-likeness (QED) is 0.834. The maximum atomic E-state index is 12.6. The van der Waals surface area contributed by atoms with Gasteiger partial charge in [-0.05, 0) is 49.9 Å². The number of anilines is 1. The molecule has 2 N–H and O–H groups in total. The summed E-state index contributed by atoms with van der Waals surface area (Å²) in [7, 11) is 0. The summed E-state index contributed by atoms with van der Waals surface area (Å²) in [5, 5.41) is 5.72. The van der Waals surface area contributed by atoms with Gasteiger partial charge in [0.25, 0.3) is 0 Å². The predicted octanol–water partition coefficient (Wildman–Crippen LogP) is 2.93.